The van der Waals surface area contributed by atoms with Crippen LogP contribution in [0.15, 0.2) is 36.5 Å². The van der Waals surface area contributed by atoms with Gasteiger partial charge in [0.25, 0.3) is 0 Å². The molecule has 0 fully saturated rings. The zero-order chi connectivity index (χ0) is 27.1. The number of halogens is 1. The first kappa shape index (κ1) is 28.0. The molecule has 2 N–H and O–H groups in total. The van der Waals surface area contributed by atoms with Crippen molar-refractivity contribution in [2.24, 2.45) is 0 Å². The fraction of sp³-hybridized carbons (Fsp3) is 0.360. The number of nitrogens with zero attached hydrogens (tertiary/aromatic N) is 4. The number of carbonyl (C=O) groups excluding carboxylic acids is 2. The number of methoxy groups -OCH3 is 2. The quantitative estimate of drug-likeness (QED) is 0.375. The first-order valence-electron chi connectivity index (χ1n) is 11.3. The van der Waals surface area contributed by atoms with Gasteiger partial charge >= 0.3 is 0 Å². The van der Waals surface area contributed by atoms with Crippen molar-refractivity contribution in [3.8, 4) is 28.1 Å². The molecule has 1 unspecified atom stereocenters. The van der Waals surface area contributed by atoms with E-state index in [0.29, 0.717) is 27.1 Å². The van der Waals surface area contributed by atoms with Crippen molar-refractivity contribution in [2.45, 2.75) is 32.4 Å². The van der Waals surface area contributed by atoms with Crippen LogP contribution in [0.1, 0.15) is 25.3 Å². The molecule has 1 atom stereocenters. The Balaban J connectivity index is 1.81. The van der Waals surface area contributed by atoms with Gasteiger partial charge in [0.05, 0.1) is 42.0 Å². The Kier molecular flexibility index (Phi) is 9.52. The second-order valence-corrected chi connectivity index (χ2v) is 10.0. The number of benzene rings is 1. The molecule has 2 aromatic heterocycles. The lowest BCUT2D eigenvalue weighted by Crippen LogP contribution is -2.45. The highest BCUT2D eigenvalue weighted by molar-refractivity contribution is 7.19. The molecule has 0 spiro atoms. The van der Waals surface area contributed by atoms with Gasteiger partial charge in [-0.2, -0.15) is 5.26 Å². The van der Waals surface area contributed by atoms with Gasteiger partial charge in [-0.05, 0) is 43.7 Å². The normalized spacial score (nSPS) is 11.6. The first-order chi connectivity index (χ1) is 17.7. The molecular formula is C25H28ClN5O5S. The highest BCUT2D eigenvalue weighted by Gasteiger charge is 2.30. The Morgan fingerprint density at radius 2 is 1.97 bits per heavy atom. The van der Waals surface area contributed by atoms with Crippen LogP contribution in [0.4, 0.5) is 5.95 Å². The minimum absolute atomic E-state index is 0.0273. The summed E-state index contributed by atoms with van der Waals surface area (Å²) in [4.78, 5) is 33.1. The molecule has 2 heterocycles. The number of imidazole rings is 1. The summed E-state index contributed by atoms with van der Waals surface area (Å²) in [5.74, 6) is -0.730. The lowest BCUT2D eigenvalue weighted by molar-refractivity contribution is -0.138. The number of rotatable bonds is 11. The molecule has 0 aliphatic heterocycles. The summed E-state index contributed by atoms with van der Waals surface area (Å²) in [6.07, 6.45) is 1.66. The number of nitriles is 1. The largest absolute Gasteiger partial charge is 0.493 e. The molecule has 196 valence electrons. The zero-order valence-corrected chi connectivity index (χ0v) is 22.5. The monoisotopic (exact) mass is 545 g/mol. The van der Waals surface area contributed by atoms with Gasteiger partial charge < -0.3 is 24.0 Å². The average Bonchev–Trinajstić information content (AvgIpc) is 3.48. The second kappa shape index (κ2) is 12.6. The first-order valence-corrected chi connectivity index (χ1v) is 12.5. The van der Waals surface area contributed by atoms with Crippen molar-refractivity contribution in [1.82, 2.24) is 14.5 Å². The van der Waals surface area contributed by atoms with Gasteiger partial charge in [-0.15, -0.1) is 11.3 Å². The number of carbonyl (C=O) groups is 2. The third-order valence-electron chi connectivity index (χ3n) is 5.61. The van der Waals surface area contributed by atoms with E-state index in [9.17, 15) is 20.0 Å². The van der Waals surface area contributed by atoms with Gasteiger partial charge in [-0.1, -0.05) is 17.7 Å². The van der Waals surface area contributed by atoms with E-state index in [2.05, 4.69) is 10.3 Å². The van der Waals surface area contributed by atoms with Crippen LogP contribution in [0, 0.1) is 11.3 Å². The molecule has 0 aliphatic carbocycles. The van der Waals surface area contributed by atoms with E-state index < -0.39 is 24.3 Å². The molecule has 37 heavy (non-hydrogen) atoms. The number of hydrogen-bond donors (Lipinski definition) is 2. The fourth-order valence-electron chi connectivity index (χ4n) is 3.71. The van der Waals surface area contributed by atoms with Crippen LogP contribution >= 0.6 is 22.9 Å². The molecule has 10 nitrogen and oxygen atoms in total. The van der Waals surface area contributed by atoms with Crippen LogP contribution < -0.4 is 14.8 Å². The van der Waals surface area contributed by atoms with Crippen LogP contribution in [0.5, 0.6) is 11.5 Å². The van der Waals surface area contributed by atoms with Crippen molar-refractivity contribution < 1.29 is 24.2 Å². The number of ether oxygens (including phenoxy) is 2. The smallest absolute Gasteiger partial charge is 0.246 e. The van der Waals surface area contributed by atoms with Crippen molar-refractivity contribution >= 4 is 40.7 Å². The summed E-state index contributed by atoms with van der Waals surface area (Å²) < 4.78 is 12.7. The number of nitrogens with one attached hydrogen (secondary N) is 1. The topological polar surface area (TPSA) is 130 Å². The Bertz CT molecular complexity index is 1300. The molecular weight excluding hydrogens is 518 g/mol. The fourth-order valence-corrected chi connectivity index (χ4v) is 4.71. The Morgan fingerprint density at radius 1 is 1.24 bits per heavy atom. The summed E-state index contributed by atoms with van der Waals surface area (Å²) >= 11 is 7.35. The van der Waals surface area contributed by atoms with Crippen molar-refractivity contribution in [3.63, 3.8) is 0 Å². The summed E-state index contributed by atoms with van der Waals surface area (Å²) in [5.41, 5.74) is 1.09. The van der Waals surface area contributed by atoms with Gasteiger partial charge in [0.15, 0.2) is 11.5 Å². The number of thiophene rings is 1. The highest BCUT2D eigenvalue weighted by Crippen LogP contribution is 2.32. The standard InChI is InChI=1S/C25H28ClN5O5S/c1-15(2)31(24(34)17(14-32)16-5-6-19(35-3)20(11-16)36-4)13-23(33)29-25-28-18(12-30(25)10-9-27)21-7-8-22(26)37-21/h5-8,11-12,15,17,32H,10,13-14H2,1-4H3,(H,28,29,33). The Hall–Kier alpha value is -3.59. The van der Waals surface area contributed by atoms with E-state index in [1.807, 2.05) is 6.07 Å². The van der Waals surface area contributed by atoms with Crippen LogP contribution in [0.3, 0.4) is 0 Å². The lowest BCUT2D eigenvalue weighted by Gasteiger charge is -2.30. The van der Waals surface area contributed by atoms with E-state index in [1.165, 1.54) is 35.0 Å². The zero-order valence-electron chi connectivity index (χ0n) is 20.9. The number of amides is 2. The van der Waals surface area contributed by atoms with Crippen molar-refractivity contribution in [1.29, 1.82) is 5.26 Å². The molecule has 0 saturated carbocycles. The number of aliphatic hydroxyl groups is 1. The Morgan fingerprint density at radius 3 is 2.54 bits per heavy atom. The number of anilines is 1. The van der Waals surface area contributed by atoms with E-state index in [4.69, 9.17) is 21.1 Å². The molecule has 12 heteroatoms. The van der Waals surface area contributed by atoms with Gasteiger partial charge in [0.2, 0.25) is 17.8 Å². The van der Waals surface area contributed by atoms with Crippen LogP contribution in [0.25, 0.3) is 10.6 Å². The molecule has 2 amide bonds. The molecule has 0 saturated heterocycles. The molecule has 1 aromatic carbocycles. The molecule has 3 aromatic rings. The summed E-state index contributed by atoms with van der Waals surface area (Å²) in [7, 11) is 2.99. The van der Waals surface area contributed by atoms with E-state index >= 15 is 0 Å². The number of hydrogen-bond acceptors (Lipinski definition) is 8. The van der Waals surface area contributed by atoms with E-state index in [0.717, 1.165) is 4.88 Å². The maximum absolute atomic E-state index is 13.5. The third-order valence-corrected chi connectivity index (χ3v) is 6.86. The number of aromatic nitrogens is 2. The van der Waals surface area contributed by atoms with Gasteiger partial charge in [0.1, 0.15) is 18.8 Å². The van der Waals surface area contributed by atoms with Crippen LogP contribution in [0.2, 0.25) is 4.34 Å². The van der Waals surface area contributed by atoms with Crippen LogP contribution in [-0.2, 0) is 16.1 Å². The molecule has 3 rings (SSSR count). The van der Waals surface area contributed by atoms with Gasteiger partial charge in [-0.3, -0.25) is 14.9 Å². The van der Waals surface area contributed by atoms with Gasteiger partial charge in [0, 0.05) is 12.2 Å². The molecule has 0 bridgehead atoms. The predicted molar refractivity (Wildman–Crippen MR) is 141 cm³/mol. The van der Waals surface area contributed by atoms with Crippen molar-refractivity contribution in [2.75, 3.05) is 32.7 Å². The maximum Gasteiger partial charge on any atom is 0.246 e. The summed E-state index contributed by atoms with van der Waals surface area (Å²) in [5, 5.41) is 22.0. The molecule has 0 aliphatic rings. The maximum atomic E-state index is 13.5. The van der Waals surface area contributed by atoms with E-state index in [-0.39, 0.29) is 25.1 Å². The van der Waals surface area contributed by atoms with E-state index in [1.54, 1.807) is 50.4 Å². The Labute approximate surface area is 224 Å². The highest BCUT2D eigenvalue weighted by atomic mass is 35.5. The van der Waals surface area contributed by atoms with Crippen LogP contribution in [-0.4, -0.2) is 64.8 Å². The predicted octanol–water partition coefficient (Wildman–Crippen LogP) is 3.76. The number of aliphatic hydroxyl groups excluding tert-OH is 1. The SMILES string of the molecule is COc1ccc(C(CO)C(=O)N(CC(=O)Nc2nc(-c3ccc(Cl)s3)cn2CC#N)C(C)C)cc1OC. The minimum atomic E-state index is -0.911. The summed E-state index contributed by atoms with van der Waals surface area (Å²) in [6, 6.07) is 10.2. The minimum Gasteiger partial charge on any atom is -0.493 e. The molecule has 0 radical (unpaired) electrons. The summed E-state index contributed by atoms with van der Waals surface area (Å²) in [6.45, 7) is 2.80. The lowest BCUT2D eigenvalue weighted by atomic mass is 9.97. The van der Waals surface area contributed by atoms with Crippen molar-refractivity contribution in [3.05, 3.63) is 46.4 Å². The second-order valence-electron chi connectivity index (χ2n) is 8.30. The van der Waals surface area contributed by atoms with Gasteiger partial charge in [-0.25, -0.2) is 4.98 Å². The third kappa shape index (κ3) is 6.60. The average molecular weight is 546 g/mol.